The summed E-state index contributed by atoms with van der Waals surface area (Å²) in [5.41, 5.74) is 6.81. The van der Waals surface area contributed by atoms with Gasteiger partial charge < -0.3 is 10.6 Å². The second-order valence-electron chi connectivity index (χ2n) is 5.81. The van der Waals surface area contributed by atoms with Gasteiger partial charge in [-0.25, -0.2) is 14.6 Å². The number of nitrogens with two attached hydrogens (primary N) is 1. The summed E-state index contributed by atoms with van der Waals surface area (Å²) in [6, 6.07) is 0. The number of anilines is 1. The molecule has 0 fully saturated rings. The Morgan fingerprint density at radius 3 is 2.68 bits per heavy atom. The number of nitrogens with zero attached hydrogens (tertiary/aromatic N) is 5. The molecule has 2 heterocycles. The van der Waals surface area contributed by atoms with Gasteiger partial charge in [0.1, 0.15) is 15.8 Å². The summed E-state index contributed by atoms with van der Waals surface area (Å²) >= 11 is 2.18. The molecule has 0 aliphatic carbocycles. The lowest BCUT2D eigenvalue weighted by Gasteiger charge is -2.28. The quantitative estimate of drug-likeness (QED) is 0.824. The van der Waals surface area contributed by atoms with Gasteiger partial charge in [0.15, 0.2) is 5.65 Å². The van der Waals surface area contributed by atoms with Crippen molar-refractivity contribution in [3.8, 4) is 0 Å². The van der Waals surface area contributed by atoms with E-state index >= 15 is 0 Å². The lowest BCUT2D eigenvalue weighted by atomic mass is 9.93. The first kappa shape index (κ1) is 14.4. The second kappa shape index (κ2) is 5.20. The molecule has 2 N–H and O–H groups in total. The smallest absolute Gasteiger partial charge is 0.164 e. The Morgan fingerprint density at radius 2 is 2.05 bits per heavy atom. The van der Waals surface area contributed by atoms with Crippen molar-refractivity contribution in [2.45, 2.75) is 20.4 Å². The molecule has 2 aromatic rings. The third kappa shape index (κ3) is 3.14. The second-order valence-corrected chi connectivity index (χ2v) is 6.83. The van der Waals surface area contributed by atoms with Gasteiger partial charge in [-0.2, -0.15) is 5.10 Å². The Kier molecular flexibility index (Phi) is 3.95. The van der Waals surface area contributed by atoms with Crippen molar-refractivity contribution in [1.29, 1.82) is 0 Å². The number of nitrogen functional groups attached to an aromatic ring is 1. The van der Waals surface area contributed by atoms with Crippen LogP contribution in [0.3, 0.4) is 0 Å². The summed E-state index contributed by atoms with van der Waals surface area (Å²) in [5.74, 6) is 0.492. The molecule has 0 unspecified atom stereocenters. The van der Waals surface area contributed by atoms with E-state index in [9.17, 15) is 0 Å². The average Bonchev–Trinajstić information content (AvgIpc) is 2.54. The van der Waals surface area contributed by atoms with Gasteiger partial charge in [0, 0.05) is 13.1 Å². The number of hydrogen-bond donors (Lipinski definition) is 1. The minimum Gasteiger partial charge on any atom is -0.383 e. The first-order chi connectivity index (χ1) is 8.80. The zero-order valence-electron chi connectivity index (χ0n) is 11.7. The van der Waals surface area contributed by atoms with Gasteiger partial charge in [0.05, 0.1) is 5.39 Å². The van der Waals surface area contributed by atoms with E-state index in [2.05, 4.69) is 70.5 Å². The fourth-order valence-corrected chi connectivity index (χ4v) is 3.19. The highest BCUT2D eigenvalue weighted by atomic mass is 127. The van der Waals surface area contributed by atoms with Gasteiger partial charge in [-0.05, 0) is 42.1 Å². The van der Waals surface area contributed by atoms with Crippen LogP contribution in [0.5, 0.6) is 0 Å². The largest absolute Gasteiger partial charge is 0.383 e. The van der Waals surface area contributed by atoms with E-state index in [0.717, 1.165) is 27.8 Å². The Hall–Kier alpha value is -0.960. The maximum absolute atomic E-state index is 5.90. The molecule has 0 aliphatic rings. The van der Waals surface area contributed by atoms with Gasteiger partial charge in [0.2, 0.25) is 0 Å². The summed E-state index contributed by atoms with van der Waals surface area (Å²) in [7, 11) is 4.15. The molecule has 0 amide bonds. The van der Waals surface area contributed by atoms with Crippen LogP contribution < -0.4 is 5.73 Å². The van der Waals surface area contributed by atoms with Gasteiger partial charge >= 0.3 is 0 Å². The first-order valence-electron chi connectivity index (χ1n) is 6.07. The summed E-state index contributed by atoms with van der Waals surface area (Å²) in [6.45, 7) is 6.21. The fourth-order valence-electron chi connectivity index (χ4n) is 2.41. The third-order valence-corrected chi connectivity index (χ3v) is 3.59. The van der Waals surface area contributed by atoms with E-state index in [1.807, 2.05) is 4.68 Å². The van der Waals surface area contributed by atoms with Gasteiger partial charge in [-0.15, -0.1) is 0 Å². The fraction of sp³-hybridized carbons (Fsp3) is 0.583. The molecule has 6 nitrogen and oxygen atoms in total. The van der Waals surface area contributed by atoms with Gasteiger partial charge in [-0.1, -0.05) is 13.8 Å². The van der Waals surface area contributed by atoms with Crippen LogP contribution in [0.2, 0.25) is 0 Å². The van der Waals surface area contributed by atoms with Crippen molar-refractivity contribution in [1.82, 2.24) is 24.6 Å². The highest BCUT2D eigenvalue weighted by Gasteiger charge is 2.23. The van der Waals surface area contributed by atoms with Crippen molar-refractivity contribution in [3.63, 3.8) is 0 Å². The van der Waals surface area contributed by atoms with Crippen LogP contribution in [0, 0.1) is 9.12 Å². The van der Waals surface area contributed by atoms with Crippen LogP contribution in [0.1, 0.15) is 13.8 Å². The Morgan fingerprint density at radius 1 is 1.37 bits per heavy atom. The van der Waals surface area contributed by atoms with Crippen molar-refractivity contribution in [2.24, 2.45) is 5.41 Å². The minimum absolute atomic E-state index is 0.102. The van der Waals surface area contributed by atoms with Crippen molar-refractivity contribution < 1.29 is 0 Å². The lowest BCUT2D eigenvalue weighted by molar-refractivity contribution is 0.206. The molecule has 0 bridgehead atoms. The normalized spacial score (nSPS) is 12.5. The van der Waals surface area contributed by atoms with Crippen LogP contribution in [-0.2, 0) is 6.54 Å². The maximum Gasteiger partial charge on any atom is 0.164 e. The number of fused-ring (bicyclic) bond motifs is 1. The molecule has 104 valence electrons. The molecule has 19 heavy (non-hydrogen) atoms. The number of rotatable bonds is 4. The molecule has 0 atom stereocenters. The molecule has 0 aliphatic heterocycles. The van der Waals surface area contributed by atoms with Crippen LogP contribution >= 0.6 is 22.6 Å². The summed E-state index contributed by atoms with van der Waals surface area (Å²) < 4.78 is 2.78. The summed E-state index contributed by atoms with van der Waals surface area (Å²) in [6.07, 6.45) is 1.49. The van der Waals surface area contributed by atoms with E-state index < -0.39 is 0 Å². The molecule has 0 saturated carbocycles. The zero-order valence-corrected chi connectivity index (χ0v) is 13.8. The number of halogens is 1. The molecular formula is C12H19IN6. The molecule has 2 aromatic heterocycles. The molecule has 0 aromatic carbocycles. The van der Waals surface area contributed by atoms with Crippen LogP contribution in [0.25, 0.3) is 11.0 Å². The average molecular weight is 374 g/mol. The van der Waals surface area contributed by atoms with Crippen molar-refractivity contribution >= 4 is 39.4 Å². The first-order valence-corrected chi connectivity index (χ1v) is 7.15. The number of aromatic nitrogens is 4. The van der Waals surface area contributed by atoms with Crippen LogP contribution in [-0.4, -0.2) is 45.3 Å². The SMILES string of the molecule is CN(C)CC(C)(C)Cn1nc(I)c2c(N)ncnc21. The predicted octanol–water partition coefficient (Wildman–Crippen LogP) is 1.60. The molecule has 7 heteroatoms. The van der Waals surface area contributed by atoms with Crippen LogP contribution in [0.15, 0.2) is 6.33 Å². The van der Waals surface area contributed by atoms with E-state index in [-0.39, 0.29) is 5.41 Å². The topological polar surface area (TPSA) is 72.9 Å². The highest BCUT2D eigenvalue weighted by molar-refractivity contribution is 14.1. The molecular weight excluding hydrogens is 355 g/mol. The summed E-state index contributed by atoms with van der Waals surface area (Å²) in [5, 5.41) is 5.40. The van der Waals surface area contributed by atoms with Gasteiger partial charge in [0.25, 0.3) is 0 Å². The van der Waals surface area contributed by atoms with E-state index in [1.54, 1.807) is 0 Å². The van der Waals surface area contributed by atoms with E-state index in [0.29, 0.717) is 5.82 Å². The zero-order chi connectivity index (χ0) is 14.2. The Bertz CT molecular complexity index is 589. The van der Waals surface area contributed by atoms with Gasteiger partial charge in [-0.3, -0.25) is 0 Å². The molecule has 0 spiro atoms. The highest BCUT2D eigenvalue weighted by Crippen LogP contribution is 2.26. The Labute approximate surface area is 126 Å². The van der Waals surface area contributed by atoms with E-state index in [4.69, 9.17) is 5.73 Å². The maximum atomic E-state index is 5.90. The molecule has 0 radical (unpaired) electrons. The summed E-state index contributed by atoms with van der Waals surface area (Å²) in [4.78, 5) is 10.5. The lowest BCUT2D eigenvalue weighted by Crippen LogP contribution is -2.32. The van der Waals surface area contributed by atoms with Crippen LogP contribution in [0.4, 0.5) is 5.82 Å². The number of hydrogen-bond acceptors (Lipinski definition) is 5. The van der Waals surface area contributed by atoms with Crippen molar-refractivity contribution in [2.75, 3.05) is 26.4 Å². The standard InChI is InChI=1S/C12H19IN6/c1-12(2,5-18(3)4)6-19-11-8(9(13)17-19)10(14)15-7-16-11/h7H,5-6H2,1-4H3,(H2,14,15,16). The monoisotopic (exact) mass is 374 g/mol. The predicted molar refractivity (Wildman–Crippen MR) is 84.8 cm³/mol. The van der Waals surface area contributed by atoms with E-state index in [1.165, 1.54) is 6.33 Å². The minimum atomic E-state index is 0.102. The molecule has 0 saturated heterocycles. The third-order valence-electron chi connectivity index (χ3n) is 2.84. The molecule has 2 rings (SSSR count). The van der Waals surface area contributed by atoms with Crippen molar-refractivity contribution in [3.05, 3.63) is 10.0 Å². The Balaban J connectivity index is 2.39.